The van der Waals surface area contributed by atoms with Gasteiger partial charge in [-0.1, -0.05) is 35.9 Å². The molecule has 1 rings (SSSR count). The summed E-state index contributed by atoms with van der Waals surface area (Å²) in [5.74, 6) is 0. The maximum Gasteiger partial charge on any atom is 0.0400 e. The van der Waals surface area contributed by atoms with E-state index in [9.17, 15) is 0 Å². The highest BCUT2D eigenvalue weighted by Crippen LogP contribution is 2.20. The van der Waals surface area contributed by atoms with Gasteiger partial charge < -0.3 is 0 Å². The first-order valence-electron chi connectivity index (χ1n) is 7.36. The van der Waals surface area contributed by atoms with Gasteiger partial charge in [-0.3, -0.25) is 4.99 Å². The van der Waals surface area contributed by atoms with Crippen LogP contribution in [0.4, 0.5) is 0 Å². The van der Waals surface area contributed by atoms with Crippen molar-refractivity contribution in [3.63, 3.8) is 0 Å². The van der Waals surface area contributed by atoms with Gasteiger partial charge in [0.05, 0.1) is 0 Å². The highest BCUT2D eigenvalue weighted by Gasteiger charge is 2.03. The van der Waals surface area contributed by atoms with Gasteiger partial charge in [-0.15, -0.1) is 0 Å². The Morgan fingerprint density at radius 2 is 1.95 bits per heavy atom. The quantitative estimate of drug-likeness (QED) is 0.473. The first-order valence-corrected chi connectivity index (χ1v) is 7.36. The summed E-state index contributed by atoms with van der Waals surface area (Å²) in [6.07, 6.45) is 5.14. The molecule has 0 spiro atoms. The fourth-order valence-corrected chi connectivity index (χ4v) is 2.30. The van der Waals surface area contributed by atoms with Crippen LogP contribution in [0.25, 0.3) is 0 Å². The Hall–Kier alpha value is -1.63. The summed E-state index contributed by atoms with van der Waals surface area (Å²) in [5, 5.41) is 0. The van der Waals surface area contributed by atoms with Crippen LogP contribution in [0.15, 0.2) is 46.6 Å². The summed E-state index contributed by atoms with van der Waals surface area (Å²) in [4.78, 5) is 4.33. The van der Waals surface area contributed by atoms with E-state index in [0.717, 1.165) is 25.0 Å². The molecule has 20 heavy (non-hydrogen) atoms. The number of allylic oxidation sites excluding steroid dienone is 3. The second kappa shape index (κ2) is 7.84. The van der Waals surface area contributed by atoms with Crippen molar-refractivity contribution < 1.29 is 0 Å². The van der Waals surface area contributed by atoms with E-state index in [1.54, 1.807) is 0 Å². The fraction of sp³-hybridized carbons (Fsp3) is 0.421. The minimum atomic E-state index is 1.04. The minimum absolute atomic E-state index is 1.04. The van der Waals surface area contributed by atoms with Gasteiger partial charge in [0, 0.05) is 11.9 Å². The van der Waals surface area contributed by atoms with Crippen LogP contribution in [0.2, 0.25) is 0 Å². The molecule has 0 unspecified atom stereocenters. The molecule has 1 aromatic rings. The van der Waals surface area contributed by atoms with E-state index in [1.165, 1.54) is 27.8 Å². The number of hydrogen-bond donors (Lipinski definition) is 0. The van der Waals surface area contributed by atoms with Crippen molar-refractivity contribution >= 4 is 6.21 Å². The van der Waals surface area contributed by atoms with Gasteiger partial charge in [-0.2, -0.15) is 0 Å². The zero-order chi connectivity index (χ0) is 15.1. The third-order valence-electron chi connectivity index (χ3n) is 3.83. The van der Waals surface area contributed by atoms with Gasteiger partial charge in [-0.05, 0) is 70.6 Å². The second-order valence-electron chi connectivity index (χ2n) is 5.48. The van der Waals surface area contributed by atoms with Crippen LogP contribution in [-0.2, 0) is 6.42 Å². The number of aryl methyl sites for hydroxylation is 3. The van der Waals surface area contributed by atoms with E-state index in [0.29, 0.717) is 0 Å². The molecular weight excluding hydrogens is 242 g/mol. The molecule has 0 atom stereocenters. The molecule has 0 N–H and O–H groups in total. The van der Waals surface area contributed by atoms with Crippen LogP contribution in [0.1, 0.15) is 50.3 Å². The lowest BCUT2D eigenvalue weighted by molar-refractivity contribution is 0.810. The third-order valence-corrected chi connectivity index (χ3v) is 3.83. The Morgan fingerprint density at radius 3 is 2.60 bits per heavy atom. The van der Waals surface area contributed by atoms with E-state index in [2.05, 4.69) is 50.5 Å². The number of rotatable bonds is 6. The first-order chi connectivity index (χ1) is 9.45. The topological polar surface area (TPSA) is 12.4 Å². The molecule has 0 fully saturated rings. The Labute approximate surface area is 124 Å². The maximum atomic E-state index is 4.33. The lowest BCUT2D eigenvalue weighted by Gasteiger charge is -2.10. The Morgan fingerprint density at radius 1 is 1.25 bits per heavy atom. The molecule has 0 saturated heterocycles. The molecule has 0 bridgehead atoms. The molecule has 0 amide bonds. The van der Waals surface area contributed by atoms with Crippen molar-refractivity contribution in [1.29, 1.82) is 0 Å². The van der Waals surface area contributed by atoms with E-state index in [4.69, 9.17) is 0 Å². The van der Waals surface area contributed by atoms with Gasteiger partial charge in [0.2, 0.25) is 0 Å². The summed E-state index contributed by atoms with van der Waals surface area (Å²) in [6, 6.07) is 6.69. The molecule has 0 radical (unpaired) electrons. The van der Waals surface area contributed by atoms with E-state index < -0.39 is 0 Å². The number of hydrogen-bond acceptors (Lipinski definition) is 1. The largest absolute Gasteiger partial charge is 0.266 e. The van der Waals surface area contributed by atoms with Crippen LogP contribution in [0.3, 0.4) is 0 Å². The fourth-order valence-electron chi connectivity index (χ4n) is 2.30. The summed E-state index contributed by atoms with van der Waals surface area (Å²) in [5.41, 5.74) is 7.70. The zero-order valence-corrected chi connectivity index (χ0v) is 13.6. The monoisotopic (exact) mass is 269 g/mol. The lowest BCUT2D eigenvalue weighted by atomic mass is 9.97. The number of benzene rings is 1. The van der Waals surface area contributed by atoms with Crippen LogP contribution in [0, 0.1) is 13.8 Å². The highest BCUT2D eigenvalue weighted by molar-refractivity contribution is 5.55. The van der Waals surface area contributed by atoms with E-state index >= 15 is 0 Å². The number of nitrogens with zero attached hydrogens (tertiary/aromatic N) is 1. The molecule has 0 aliphatic heterocycles. The van der Waals surface area contributed by atoms with Gasteiger partial charge in [0.15, 0.2) is 0 Å². The van der Waals surface area contributed by atoms with Gasteiger partial charge in [0.25, 0.3) is 0 Å². The standard InChI is InChI=1S/C19H27N/c1-7-20-18(6)17(5)15(3)9-8-10-19-13-14(2)11-12-16(19)4/h7,11-13H,3,8-10H2,1-2,4-6H3/b18-17-,20-7?. The summed E-state index contributed by atoms with van der Waals surface area (Å²) in [6.45, 7) is 14.6. The predicted octanol–water partition coefficient (Wildman–Crippen LogP) is 5.57. The summed E-state index contributed by atoms with van der Waals surface area (Å²) < 4.78 is 0. The summed E-state index contributed by atoms with van der Waals surface area (Å²) >= 11 is 0. The molecule has 0 heterocycles. The minimum Gasteiger partial charge on any atom is -0.266 e. The molecule has 0 aromatic heterocycles. The Balaban J connectivity index is 2.58. The summed E-state index contributed by atoms with van der Waals surface area (Å²) in [7, 11) is 0. The predicted molar refractivity (Wildman–Crippen MR) is 90.5 cm³/mol. The molecule has 0 saturated carbocycles. The van der Waals surface area contributed by atoms with Gasteiger partial charge in [0.1, 0.15) is 0 Å². The van der Waals surface area contributed by atoms with Crippen molar-refractivity contribution in [2.45, 2.75) is 53.9 Å². The lowest BCUT2D eigenvalue weighted by Crippen LogP contribution is -1.94. The van der Waals surface area contributed by atoms with Crippen LogP contribution >= 0.6 is 0 Å². The Bertz CT molecular complexity index is 533. The smallest absolute Gasteiger partial charge is 0.0400 e. The van der Waals surface area contributed by atoms with Crippen molar-refractivity contribution in [2.75, 3.05) is 0 Å². The van der Waals surface area contributed by atoms with Gasteiger partial charge in [-0.25, -0.2) is 0 Å². The molecule has 1 nitrogen and oxygen atoms in total. The highest BCUT2D eigenvalue weighted by atomic mass is 14.7. The molecule has 108 valence electrons. The van der Waals surface area contributed by atoms with Crippen molar-refractivity contribution in [1.82, 2.24) is 0 Å². The van der Waals surface area contributed by atoms with Crippen molar-refractivity contribution in [2.24, 2.45) is 4.99 Å². The SMILES string of the molecule is C=C(CCCc1cc(C)ccc1C)/C(C)=C(/C)N=CC. The second-order valence-corrected chi connectivity index (χ2v) is 5.48. The molecular formula is C19H27N. The van der Waals surface area contributed by atoms with E-state index in [-0.39, 0.29) is 0 Å². The number of aliphatic imine (C=N–C) groups is 1. The third kappa shape index (κ3) is 4.80. The zero-order valence-electron chi connectivity index (χ0n) is 13.6. The van der Waals surface area contributed by atoms with E-state index in [1.807, 2.05) is 20.1 Å². The average molecular weight is 269 g/mol. The first kappa shape index (κ1) is 16.4. The molecule has 0 aliphatic carbocycles. The molecule has 1 aromatic carbocycles. The van der Waals surface area contributed by atoms with Crippen LogP contribution in [0.5, 0.6) is 0 Å². The van der Waals surface area contributed by atoms with Crippen LogP contribution in [-0.4, -0.2) is 6.21 Å². The molecule has 0 aliphatic rings. The molecule has 1 heteroatoms. The maximum absolute atomic E-state index is 4.33. The van der Waals surface area contributed by atoms with Gasteiger partial charge >= 0.3 is 0 Å². The average Bonchev–Trinajstić information content (AvgIpc) is 2.41. The van der Waals surface area contributed by atoms with Crippen LogP contribution < -0.4 is 0 Å². The van der Waals surface area contributed by atoms with Crippen molar-refractivity contribution in [3.8, 4) is 0 Å². The Kier molecular flexibility index (Phi) is 6.44. The normalized spacial score (nSPS) is 12.7. The van der Waals surface area contributed by atoms with Crippen molar-refractivity contribution in [3.05, 3.63) is 58.3 Å².